The van der Waals surface area contributed by atoms with Gasteiger partial charge in [-0.15, -0.1) is 0 Å². The molecule has 0 spiro atoms. The van der Waals surface area contributed by atoms with Gasteiger partial charge in [0.05, 0.1) is 29.5 Å². The lowest BCUT2D eigenvalue weighted by Crippen LogP contribution is -2.52. The summed E-state index contributed by atoms with van der Waals surface area (Å²) in [5.41, 5.74) is 5.11. The minimum absolute atomic E-state index is 0.0266. The second kappa shape index (κ2) is 12.9. The van der Waals surface area contributed by atoms with E-state index >= 15 is 0 Å². The van der Waals surface area contributed by atoms with Crippen molar-refractivity contribution < 1.29 is 19.4 Å². The number of amides is 1. The van der Waals surface area contributed by atoms with E-state index in [2.05, 4.69) is 93.8 Å². The number of allylic oxidation sites excluding steroid dienone is 5. The number of aryl methyl sites for hydroxylation is 1. The number of nitrogens with one attached hydrogen (secondary N) is 2. The molecule has 3 N–H and O–H groups in total. The van der Waals surface area contributed by atoms with Gasteiger partial charge in [-0.1, -0.05) is 61.1 Å². The normalized spacial score (nSPS) is 25.1. The largest absolute Gasteiger partial charge is 0.376 e. The summed E-state index contributed by atoms with van der Waals surface area (Å²) in [7, 11) is 0. The van der Waals surface area contributed by atoms with Gasteiger partial charge in [-0.3, -0.25) is 10.1 Å². The zero-order valence-electron chi connectivity index (χ0n) is 24.4. The van der Waals surface area contributed by atoms with Gasteiger partial charge in [0, 0.05) is 6.04 Å². The first-order chi connectivity index (χ1) is 18.6. The van der Waals surface area contributed by atoms with Crippen molar-refractivity contribution in [1.29, 1.82) is 0 Å². The van der Waals surface area contributed by atoms with Crippen LogP contribution < -0.4 is 10.6 Å². The molecule has 6 nitrogen and oxygen atoms in total. The van der Waals surface area contributed by atoms with E-state index in [9.17, 15) is 9.90 Å². The summed E-state index contributed by atoms with van der Waals surface area (Å²) in [5, 5.41) is 17.3. The first-order valence-electron chi connectivity index (χ1n) is 14.7. The lowest BCUT2D eigenvalue weighted by atomic mass is 9.98. The first kappa shape index (κ1) is 29.7. The maximum atomic E-state index is 11.4. The molecule has 0 bridgehead atoms. The van der Waals surface area contributed by atoms with Crippen molar-refractivity contribution in [3.8, 4) is 0 Å². The molecule has 0 radical (unpaired) electrons. The van der Waals surface area contributed by atoms with Crippen LogP contribution in [0.25, 0.3) is 0 Å². The van der Waals surface area contributed by atoms with E-state index in [1.165, 1.54) is 16.7 Å². The summed E-state index contributed by atoms with van der Waals surface area (Å²) in [4.78, 5) is 11.4. The standard InChI is InChI=1S/C33H48N2O4/c1-6-27(20-25-9-7-8-23(10-13-25)16-18-29-32(2,3)38-29)35-31(37)28(34-22-36)21-26-14-11-24(12-15-26)17-19-30-33(4,5)39-30/h7,9-15,22,27-31,35,37H,6,8,16-21H2,1-5H3,(H,34,36). The number of epoxide rings is 2. The predicted molar refractivity (Wildman–Crippen MR) is 156 cm³/mol. The van der Waals surface area contributed by atoms with Crippen LogP contribution >= 0.6 is 0 Å². The summed E-state index contributed by atoms with van der Waals surface area (Å²) in [6.45, 7) is 10.7. The molecule has 5 unspecified atom stereocenters. The fourth-order valence-electron chi connectivity index (χ4n) is 5.53. The van der Waals surface area contributed by atoms with Crippen molar-refractivity contribution in [3.05, 3.63) is 70.8 Å². The molecule has 5 atom stereocenters. The van der Waals surface area contributed by atoms with Gasteiger partial charge in [0.1, 0.15) is 6.23 Å². The molecular weight excluding hydrogens is 488 g/mol. The Morgan fingerprint density at radius 1 is 0.974 bits per heavy atom. The summed E-state index contributed by atoms with van der Waals surface area (Å²) in [5.74, 6) is 0. The number of carbonyl (C=O) groups is 1. The zero-order chi connectivity index (χ0) is 28.0. The molecule has 3 aliphatic rings. The number of rotatable bonds is 16. The quantitative estimate of drug-likeness (QED) is 0.152. The van der Waals surface area contributed by atoms with E-state index in [4.69, 9.17) is 9.47 Å². The third-order valence-corrected chi connectivity index (χ3v) is 8.52. The Hall–Kier alpha value is -2.25. The Kier molecular flexibility index (Phi) is 9.87. The molecule has 2 fully saturated rings. The number of hydrogen-bond acceptors (Lipinski definition) is 5. The van der Waals surface area contributed by atoms with Crippen molar-refractivity contribution in [3.63, 3.8) is 0 Å². The zero-order valence-corrected chi connectivity index (χ0v) is 24.4. The van der Waals surface area contributed by atoms with Gasteiger partial charge in [0.15, 0.2) is 0 Å². The van der Waals surface area contributed by atoms with Crippen LogP contribution in [0.4, 0.5) is 0 Å². The van der Waals surface area contributed by atoms with Gasteiger partial charge >= 0.3 is 0 Å². The Morgan fingerprint density at radius 2 is 1.59 bits per heavy atom. The molecule has 1 aromatic rings. The van der Waals surface area contributed by atoms with Gasteiger partial charge in [-0.05, 0) is 95.8 Å². The van der Waals surface area contributed by atoms with Crippen LogP contribution in [0.1, 0.15) is 84.3 Å². The summed E-state index contributed by atoms with van der Waals surface area (Å²) < 4.78 is 11.4. The Morgan fingerprint density at radius 3 is 2.18 bits per heavy atom. The third kappa shape index (κ3) is 8.87. The molecule has 4 rings (SSSR count). The van der Waals surface area contributed by atoms with Crippen LogP contribution in [0.15, 0.2) is 59.7 Å². The van der Waals surface area contributed by atoms with E-state index in [1.54, 1.807) is 0 Å². The minimum Gasteiger partial charge on any atom is -0.376 e. The second-order valence-corrected chi connectivity index (χ2v) is 12.5. The number of hydrogen-bond donors (Lipinski definition) is 3. The monoisotopic (exact) mass is 536 g/mol. The molecule has 1 aromatic carbocycles. The highest BCUT2D eigenvalue weighted by Crippen LogP contribution is 2.39. The van der Waals surface area contributed by atoms with E-state index in [-0.39, 0.29) is 17.2 Å². The molecule has 6 heteroatoms. The molecular formula is C33H48N2O4. The Bertz CT molecular complexity index is 1060. The van der Waals surface area contributed by atoms with E-state index in [0.717, 1.165) is 50.5 Å². The van der Waals surface area contributed by atoms with Crippen molar-refractivity contribution in [2.75, 3.05) is 0 Å². The van der Waals surface area contributed by atoms with Crippen molar-refractivity contribution in [2.24, 2.45) is 0 Å². The summed E-state index contributed by atoms with van der Waals surface area (Å²) in [6.07, 6.45) is 16.8. The van der Waals surface area contributed by atoms with Crippen molar-refractivity contribution in [2.45, 2.75) is 128 Å². The van der Waals surface area contributed by atoms with Crippen LogP contribution in [0.2, 0.25) is 0 Å². The van der Waals surface area contributed by atoms with Gasteiger partial charge in [-0.2, -0.15) is 0 Å². The van der Waals surface area contributed by atoms with E-state index < -0.39 is 12.3 Å². The maximum absolute atomic E-state index is 11.4. The van der Waals surface area contributed by atoms with Crippen LogP contribution in [0, 0.1) is 0 Å². The number of carbonyl (C=O) groups excluding carboxylic acids is 1. The number of aliphatic hydroxyl groups is 1. The van der Waals surface area contributed by atoms with E-state index in [1.807, 2.05) is 0 Å². The van der Waals surface area contributed by atoms with Gasteiger partial charge in [0.2, 0.25) is 6.41 Å². The van der Waals surface area contributed by atoms with Gasteiger partial charge in [0.25, 0.3) is 0 Å². The molecule has 1 aliphatic carbocycles. The van der Waals surface area contributed by atoms with Crippen LogP contribution in [0.3, 0.4) is 0 Å². The van der Waals surface area contributed by atoms with Crippen LogP contribution in [0.5, 0.6) is 0 Å². The first-order valence-corrected chi connectivity index (χ1v) is 14.7. The van der Waals surface area contributed by atoms with Crippen LogP contribution in [-0.4, -0.2) is 53.2 Å². The number of ether oxygens (including phenoxy) is 2. The molecule has 2 saturated heterocycles. The number of benzene rings is 1. The topological polar surface area (TPSA) is 86.4 Å². The van der Waals surface area contributed by atoms with Crippen LogP contribution in [-0.2, 0) is 27.1 Å². The molecule has 2 aliphatic heterocycles. The average molecular weight is 537 g/mol. The molecule has 0 saturated carbocycles. The highest BCUT2D eigenvalue weighted by atomic mass is 16.6. The van der Waals surface area contributed by atoms with Crippen molar-refractivity contribution >= 4 is 6.41 Å². The predicted octanol–water partition coefficient (Wildman–Crippen LogP) is 5.30. The highest BCUT2D eigenvalue weighted by molar-refractivity contribution is 5.47. The molecule has 2 heterocycles. The summed E-state index contributed by atoms with van der Waals surface area (Å²) in [6, 6.07) is 8.16. The van der Waals surface area contributed by atoms with Gasteiger partial charge in [-0.25, -0.2) is 0 Å². The lowest BCUT2D eigenvalue weighted by molar-refractivity contribution is -0.111. The Balaban J connectivity index is 1.27. The molecule has 39 heavy (non-hydrogen) atoms. The smallest absolute Gasteiger partial charge is 0.207 e. The Labute approximate surface area is 234 Å². The molecule has 1 amide bonds. The number of aliphatic hydroxyl groups excluding tert-OH is 1. The average Bonchev–Trinajstić information content (AvgIpc) is 3.76. The van der Waals surface area contributed by atoms with E-state index in [0.29, 0.717) is 25.0 Å². The SMILES string of the molecule is CCC(CC1=CC=C(CCC2OC2(C)C)CC=C1)NC(O)C(Cc1ccc(CCC2OC2(C)C)cc1)NC=O. The van der Waals surface area contributed by atoms with Crippen molar-refractivity contribution in [1.82, 2.24) is 10.6 Å². The highest BCUT2D eigenvalue weighted by Gasteiger charge is 2.47. The maximum Gasteiger partial charge on any atom is 0.207 e. The molecule has 214 valence electrons. The third-order valence-electron chi connectivity index (χ3n) is 8.52. The summed E-state index contributed by atoms with van der Waals surface area (Å²) >= 11 is 0. The fraction of sp³-hybridized carbons (Fsp3) is 0.606. The molecule has 0 aromatic heterocycles. The lowest BCUT2D eigenvalue weighted by Gasteiger charge is -2.28. The van der Waals surface area contributed by atoms with Gasteiger partial charge < -0.3 is 19.9 Å². The fourth-order valence-corrected chi connectivity index (χ4v) is 5.53. The second-order valence-electron chi connectivity index (χ2n) is 12.5. The minimum atomic E-state index is -0.850.